The molecule has 2 atom stereocenters. The highest BCUT2D eigenvalue weighted by Gasteiger charge is 2.60. The third-order valence-electron chi connectivity index (χ3n) is 3.68. The van der Waals surface area contributed by atoms with Crippen LogP contribution in [0.1, 0.15) is 27.7 Å². The predicted octanol–water partition coefficient (Wildman–Crippen LogP) is 3.91. The summed E-state index contributed by atoms with van der Waals surface area (Å²) < 4.78 is 0. The monoisotopic (exact) mass is 278 g/mol. The molecule has 0 aliphatic heterocycles. The van der Waals surface area contributed by atoms with Crippen LogP contribution in [0.5, 0.6) is 0 Å². The molecule has 0 aromatic carbocycles. The molecule has 1 aliphatic carbocycles. The molecule has 0 bridgehead atoms. The third kappa shape index (κ3) is 2.98. The third-order valence-corrected chi connectivity index (χ3v) is 3.91. The molecule has 2 rings (SSSR count). The van der Waals surface area contributed by atoms with Gasteiger partial charge in [-0.3, -0.25) is 4.79 Å². The van der Waals surface area contributed by atoms with E-state index in [1.807, 2.05) is 0 Å². The van der Waals surface area contributed by atoms with Crippen molar-refractivity contribution in [3.8, 4) is 0 Å². The molecule has 1 aliphatic rings. The number of rotatable bonds is 3. The van der Waals surface area contributed by atoms with E-state index in [0.29, 0.717) is 16.8 Å². The number of nitrogens with zero attached hydrogens (tertiary/aromatic N) is 1. The Hall–Kier alpha value is -1.35. The van der Waals surface area contributed by atoms with Crippen LogP contribution in [0.2, 0.25) is 5.02 Å². The molecule has 102 valence electrons. The summed E-state index contributed by atoms with van der Waals surface area (Å²) in [5.41, 5.74) is 1.27. The summed E-state index contributed by atoms with van der Waals surface area (Å²) in [5.74, 6) is 0.903. The van der Waals surface area contributed by atoms with Gasteiger partial charge in [0.05, 0.1) is 10.9 Å². The van der Waals surface area contributed by atoms with Gasteiger partial charge in [-0.25, -0.2) is 4.98 Å². The minimum Gasteiger partial charge on any atom is -0.310 e. The van der Waals surface area contributed by atoms with Crippen molar-refractivity contribution in [1.29, 1.82) is 0 Å². The van der Waals surface area contributed by atoms with Crippen LogP contribution in [0, 0.1) is 17.3 Å². The molecule has 0 radical (unpaired) electrons. The highest BCUT2D eigenvalue weighted by molar-refractivity contribution is 6.30. The number of hydrogen-bond acceptors (Lipinski definition) is 2. The maximum atomic E-state index is 12.3. The van der Waals surface area contributed by atoms with E-state index in [-0.39, 0.29) is 17.2 Å². The molecule has 0 spiro atoms. The van der Waals surface area contributed by atoms with Gasteiger partial charge >= 0.3 is 0 Å². The van der Waals surface area contributed by atoms with Crippen molar-refractivity contribution in [2.45, 2.75) is 27.7 Å². The fourth-order valence-electron chi connectivity index (χ4n) is 2.50. The van der Waals surface area contributed by atoms with Crippen molar-refractivity contribution in [2.24, 2.45) is 17.3 Å². The summed E-state index contributed by atoms with van der Waals surface area (Å²) in [6, 6.07) is 3.43. The van der Waals surface area contributed by atoms with E-state index in [2.05, 4.69) is 44.1 Å². The van der Waals surface area contributed by atoms with Gasteiger partial charge in [-0.2, -0.15) is 0 Å². The minimum atomic E-state index is 0.0138. The molecule has 1 aromatic heterocycles. The first-order valence-corrected chi connectivity index (χ1v) is 6.77. The second-order valence-electron chi connectivity index (χ2n) is 5.92. The molecule has 1 saturated carbocycles. The Morgan fingerprint density at radius 1 is 1.42 bits per heavy atom. The average Bonchev–Trinajstić information content (AvgIpc) is 2.83. The van der Waals surface area contributed by atoms with Crippen molar-refractivity contribution in [3.63, 3.8) is 0 Å². The molecular formula is C15H19ClN2O. The summed E-state index contributed by atoms with van der Waals surface area (Å²) >= 11 is 5.77. The molecule has 1 amide bonds. The maximum Gasteiger partial charge on any atom is 0.229 e. The molecule has 3 nitrogen and oxygen atoms in total. The Kier molecular flexibility index (Phi) is 3.68. The predicted molar refractivity (Wildman–Crippen MR) is 78.1 cm³/mol. The lowest BCUT2D eigenvalue weighted by Gasteiger charge is -2.05. The van der Waals surface area contributed by atoms with Crippen LogP contribution in [-0.2, 0) is 4.79 Å². The normalized spacial score (nSPS) is 23.6. The highest BCUT2D eigenvalue weighted by atomic mass is 35.5. The zero-order valence-corrected chi connectivity index (χ0v) is 12.5. The van der Waals surface area contributed by atoms with E-state index in [9.17, 15) is 4.79 Å². The van der Waals surface area contributed by atoms with Gasteiger partial charge in [-0.1, -0.05) is 37.1 Å². The SMILES string of the molecule is CC(C)=C[C@@H]1[C@@H](C(=O)Nc2ccc(Cl)cn2)C1(C)C. The molecule has 1 aromatic rings. The van der Waals surface area contributed by atoms with Gasteiger partial charge in [-0.05, 0) is 37.3 Å². The quantitative estimate of drug-likeness (QED) is 0.852. The van der Waals surface area contributed by atoms with Crippen molar-refractivity contribution < 1.29 is 4.79 Å². The summed E-state index contributed by atoms with van der Waals surface area (Å²) in [4.78, 5) is 16.3. The van der Waals surface area contributed by atoms with Crippen molar-refractivity contribution in [3.05, 3.63) is 35.0 Å². The topological polar surface area (TPSA) is 42.0 Å². The lowest BCUT2D eigenvalue weighted by atomic mass is 10.1. The molecule has 1 N–H and O–H groups in total. The second kappa shape index (κ2) is 4.97. The number of allylic oxidation sites excluding steroid dienone is 2. The van der Waals surface area contributed by atoms with Crippen LogP contribution in [0.25, 0.3) is 0 Å². The Bertz CT molecular complexity index is 515. The number of halogens is 1. The highest BCUT2D eigenvalue weighted by Crippen LogP contribution is 2.59. The molecular weight excluding hydrogens is 260 g/mol. The standard InChI is InChI=1S/C15H19ClN2O/c1-9(2)7-11-13(15(11,3)4)14(19)18-12-6-5-10(16)8-17-12/h5-8,11,13H,1-4H3,(H,17,18,19)/t11-,13+/m1/s1. The number of hydrogen-bond donors (Lipinski definition) is 1. The van der Waals surface area contributed by atoms with E-state index in [0.717, 1.165) is 0 Å². The first kappa shape index (κ1) is 14.1. The molecule has 1 heterocycles. The number of anilines is 1. The Morgan fingerprint density at radius 2 is 2.11 bits per heavy atom. The van der Waals surface area contributed by atoms with Gasteiger partial charge in [-0.15, -0.1) is 0 Å². The summed E-state index contributed by atoms with van der Waals surface area (Å²) in [6.45, 7) is 8.36. The van der Waals surface area contributed by atoms with Crippen LogP contribution in [0.15, 0.2) is 30.0 Å². The first-order chi connectivity index (χ1) is 8.82. The molecule has 4 heteroatoms. The first-order valence-electron chi connectivity index (χ1n) is 6.40. The lowest BCUT2D eigenvalue weighted by Crippen LogP contribution is -2.17. The van der Waals surface area contributed by atoms with Crippen LogP contribution in [0.3, 0.4) is 0 Å². The molecule has 1 fully saturated rings. The van der Waals surface area contributed by atoms with E-state index < -0.39 is 0 Å². The van der Waals surface area contributed by atoms with Crippen LogP contribution < -0.4 is 5.32 Å². The smallest absolute Gasteiger partial charge is 0.229 e. The van der Waals surface area contributed by atoms with Crippen molar-refractivity contribution >= 4 is 23.3 Å². The van der Waals surface area contributed by atoms with Crippen molar-refractivity contribution in [2.75, 3.05) is 5.32 Å². The second-order valence-corrected chi connectivity index (χ2v) is 6.36. The van der Waals surface area contributed by atoms with Crippen LogP contribution >= 0.6 is 11.6 Å². The van der Waals surface area contributed by atoms with Gasteiger partial charge in [0.2, 0.25) is 5.91 Å². The number of aromatic nitrogens is 1. The fraction of sp³-hybridized carbons (Fsp3) is 0.467. The minimum absolute atomic E-state index is 0.0138. The number of amides is 1. The average molecular weight is 279 g/mol. The van der Waals surface area contributed by atoms with Gasteiger partial charge in [0.15, 0.2) is 0 Å². The van der Waals surface area contributed by atoms with E-state index >= 15 is 0 Å². The van der Waals surface area contributed by atoms with E-state index in [1.54, 1.807) is 12.1 Å². The van der Waals surface area contributed by atoms with Gasteiger partial charge in [0.25, 0.3) is 0 Å². The molecule has 0 saturated heterocycles. The summed E-state index contributed by atoms with van der Waals surface area (Å²) in [5, 5.41) is 3.41. The van der Waals surface area contributed by atoms with E-state index in [1.165, 1.54) is 11.8 Å². The Labute approximate surface area is 119 Å². The fourth-order valence-corrected chi connectivity index (χ4v) is 2.61. The Morgan fingerprint density at radius 3 is 2.63 bits per heavy atom. The number of carbonyl (C=O) groups is 1. The van der Waals surface area contributed by atoms with Gasteiger partial charge < -0.3 is 5.32 Å². The maximum absolute atomic E-state index is 12.3. The number of nitrogens with one attached hydrogen (secondary N) is 1. The van der Waals surface area contributed by atoms with E-state index in [4.69, 9.17) is 11.6 Å². The molecule has 0 unspecified atom stereocenters. The number of carbonyl (C=O) groups excluding carboxylic acids is 1. The van der Waals surface area contributed by atoms with Gasteiger partial charge in [0.1, 0.15) is 5.82 Å². The zero-order chi connectivity index (χ0) is 14.2. The van der Waals surface area contributed by atoms with Crippen LogP contribution in [0.4, 0.5) is 5.82 Å². The zero-order valence-electron chi connectivity index (χ0n) is 11.7. The molecule has 19 heavy (non-hydrogen) atoms. The summed E-state index contributed by atoms with van der Waals surface area (Å²) in [6.07, 6.45) is 3.71. The summed E-state index contributed by atoms with van der Waals surface area (Å²) in [7, 11) is 0. The Balaban J connectivity index is 2.05. The number of pyridine rings is 1. The van der Waals surface area contributed by atoms with Crippen molar-refractivity contribution in [1.82, 2.24) is 4.98 Å². The van der Waals surface area contributed by atoms with Crippen LogP contribution in [-0.4, -0.2) is 10.9 Å². The lowest BCUT2D eigenvalue weighted by molar-refractivity contribution is -0.118. The largest absolute Gasteiger partial charge is 0.310 e. The van der Waals surface area contributed by atoms with Gasteiger partial charge in [0, 0.05) is 6.20 Å².